The highest BCUT2D eigenvalue weighted by atomic mass is 31.1. The van der Waals surface area contributed by atoms with E-state index in [0.717, 1.165) is 24.3 Å². The largest absolute Gasteiger partial charge is 0.352 e. The molecule has 3 unspecified atom stereocenters. The number of nitro groups is 1. The zero-order chi connectivity index (χ0) is 14.5. The minimum atomic E-state index is -3.61. The predicted molar refractivity (Wildman–Crippen MR) is 64.5 cm³/mol. The van der Waals surface area contributed by atoms with Gasteiger partial charge in [0.25, 0.3) is 5.69 Å². The van der Waals surface area contributed by atoms with E-state index in [4.69, 9.17) is 9.79 Å². The second-order valence-electron chi connectivity index (χ2n) is 3.04. The molecule has 0 spiro atoms. The molecule has 10 nitrogen and oxygen atoms in total. The van der Waals surface area contributed by atoms with Gasteiger partial charge in [0.05, 0.1) is 4.92 Å². The van der Waals surface area contributed by atoms with Crippen molar-refractivity contribution < 1.29 is 28.3 Å². The van der Waals surface area contributed by atoms with Crippen LogP contribution in [0.2, 0.25) is 0 Å². The van der Waals surface area contributed by atoms with Crippen LogP contribution >= 0.6 is 17.3 Å². The van der Waals surface area contributed by atoms with E-state index in [1.807, 2.05) is 0 Å². The summed E-state index contributed by atoms with van der Waals surface area (Å²) in [6.07, 6.45) is 0. The van der Waals surface area contributed by atoms with Crippen LogP contribution in [0.1, 0.15) is 5.56 Å². The maximum Gasteiger partial charge on any atom is 0.347 e. The molecular formula is C7H8N2O8P2. The lowest BCUT2D eigenvalue weighted by Gasteiger charge is -2.23. The van der Waals surface area contributed by atoms with Gasteiger partial charge >= 0.3 is 14.2 Å². The molecule has 19 heavy (non-hydrogen) atoms. The lowest BCUT2D eigenvalue weighted by atomic mass is 10.1. The molecule has 0 radical (unpaired) electrons. The molecule has 0 saturated heterocycles. The molecule has 1 aromatic rings. The Morgan fingerprint density at radius 1 is 1.42 bits per heavy atom. The van der Waals surface area contributed by atoms with Gasteiger partial charge in [-0.05, 0) is 12.1 Å². The summed E-state index contributed by atoms with van der Waals surface area (Å²) in [6, 6.07) is 4.17. The molecule has 0 aliphatic rings. The maximum atomic E-state index is 10.8. The molecule has 0 aliphatic heterocycles. The normalized spacial score (nSPS) is 16.1. The zero-order valence-electron chi connectivity index (χ0n) is 9.05. The quantitative estimate of drug-likeness (QED) is 0.252. The summed E-state index contributed by atoms with van der Waals surface area (Å²) in [5, 5.41) is 12.9. The molecule has 104 valence electrons. The lowest BCUT2D eigenvalue weighted by Crippen LogP contribution is -2.25. The van der Waals surface area contributed by atoms with Crippen LogP contribution in [0.4, 0.5) is 5.69 Å². The Balaban J connectivity index is 3.19. The summed E-state index contributed by atoms with van der Waals surface area (Å²) in [5.41, 5.74) is -0.436. The number of nitro benzene ring substituents is 1. The van der Waals surface area contributed by atoms with Gasteiger partial charge < -0.3 is 9.79 Å². The second-order valence-corrected chi connectivity index (χ2v) is 4.16. The molecule has 0 fully saturated rings. The Hall–Kier alpha value is -1.28. The fourth-order valence-corrected chi connectivity index (χ4v) is 2.04. The average Bonchev–Trinajstić information content (AvgIpc) is 2.37. The molecule has 0 bridgehead atoms. The Labute approximate surface area is 108 Å². The number of non-ortho nitro benzene ring substituents is 1. The van der Waals surface area contributed by atoms with Gasteiger partial charge in [-0.1, -0.05) is 0 Å². The topological polar surface area (TPSA) is 149 Å². The fourth-order valence-electron chi connectivity index (χ4n) is 1.20. The van der Waals surface area contributed by atoms with Crippen LogP contribution in [-0.4, -0.2) is 14.7 Å². The smallest absolute Gasteiger partial charge is 0.347 e. The molecule has 12 heteroatoms. The van der Waals surface area contributed by atoms with E-state index >= 15 is 0 Å². The molecule has 2 N–H and O–H groups in total. The van der Waals surface area contributed by atoms with Crippen LogP contribution in [0, 0.1) is 15.0 Å². The third-order valence-electron chi connectivity index (χ3n) is 1.97. The lowest BCUT2D eigenvalue weighted by molar-refractivity contribution is -0.384. The van der Waals surface area contributed by atoms with Crippen molar-refractivity contribution in [1.82, 2.24) is 0 Å². The number of rotatable bonds is 7. The van der Waals surface area contributed by atoms with E-state index in [9.17, 15) is 19.6 Å². The standard InChI is InChI=1S/C7H8N2O8P2/c10-8-7(16-18-13,17-19(14)15)5-1-3-6(4-2-5)9(11)12/h1-4,13,18-19H,(H,14,15). The number of hydrogen-bond donors (Lipinski definition) is 2. The highest BCUT2D eigenvalue weighted by Crippen LogP contribution is 2.41. The first-order valence-electron chi connectivity index (χ1n) is 4.53. The van der Waals surface area contributed by atoms with Crippen molar-refractivity contribution in [2.24, 2.45) is 5.18 Å². The van der Waals surface area contributed by atoms with Crippen LogP contribution in [0.15, 0.2) is 29.4 Å². The molecule has 1 aromatic carbocycles. The molecule has 0 aliphatic carbocycles. The van der Waals surface area contributed by atoms with Crippen molar-refractivity contribution in [3.63, 3.8) is 0 Å². The van der Waals surface area contributed by atoms with Crippen molar-refractivity contribution in [2.75, 3.05) is 0 Å². The molecule has 1 rings (SSSR count). The first kappa shape index (κ1) is 15.8. The molecular weight excluding hydrogens is 302 g/mol. The van der Waals surface area contributed by atoms with E-state index < -0.39 is 28.1 Å². The molecule has 0 saturated carbocycles. The highest BCUT2D eigenvalue weighted by Gasteiger charge is 2.39. The van der Waals surface area contributed by atoms with Crippen LogP contribution in [-0.2, 0) is 19.5 Å². The van der Waals surface area contributed by atoms with Gasteiger partial charge in [-0.25, -0.2) is 4.52 Å². The van der Waals surface area contributed by atoms with Gasteiger partial charge in [0, 0.05) is 22.9 Å². The van der Waals surface area contributed by atoms with Crippen LogP contribution < -0.4 is 0 Å². The Morgan fingerprint density at radius 2 is 2.00 bits per heavy atom. The summed E-state index contributed by atoms with van der Waals surface area (Å²) in [4.78, 5) is 38.0. The van der Waals surface area contributed by atoms with Gasteiger partial charge in [-0.15, -0.1) is 4.91 Å². The fraction of sp³-hybridized carbons (Fsp3) is 0.143. The molecule has 0 aromatic heterocycles. The Kier molecular flexibility index (Phi) is 5.61. The van der Waals surface area contributed by atoms with Crippen LogP contribution in [0.5, 0.6) is 0 Å². The summed E-state index contributed by atoms with van der Waals surface area (Å²) in [5.74, 6) is -2.52. The van der Waals surface area contributed by atoms with Gasteiger partial charge in [-0.2, -0.15) is 0 Å². The summed E-state index contributed by atoms with van der Waals surface area (Å²) in [7, 11) is -4.86. The zero-order valence-corrected chi connectivity index (χ0v) is 11.0. The monoisotopic (exact) mass is 310 g/mol. The minimum absolute atomic E-state index is 0.165. The third-order valence-corrected chi connectivity index (χ3v) is 2.79. The average molecular weight is 310 g/mol. The number of nitroso groups, excluding NO2 is 1. The first-order chi connectivity index (χ1) is 8.95. The van der Waals surface area contributed by atoms with E-state index in [-0.39, 0.29) is 11.3 Å². The summed E-state index contributed by atoms with van der Waals surface area (Å²) >= 11 is 0. The van der Waals surface area contributed by atoms with E-state index in [1.165, 1.54) is 0 Å². The van der Waals surface area contributed by atoms with Crippen LogP contribution in [0.25, 0.3) is 0 Å². The summed E-state index contributed by atoms with van der Waals surface area (Å²) in [6.45, 7) is 0. The van der Waals surface area contributed by atoms with Crippen molar-refractivity contribution in [2.45, 2.75) is 5.91 Å². The van der Waals surface area contributed by atoms with Gasteiger partial charge in [-0.3, -0.25) is 19.2 Å². The first-order valence-corrected chi connectivity index (χ1v) is 6.65. The van der Waals surface area contributed by atoms with Gasteiger partial charge in [0.2, 0.25) is 0 Å². The van der Waals surface area contributed by atoms with Crippen molar-refractivity contribution in [1.29, 1.82) is 0 Å². The highest BCUT2D eigenvalue weighted by molar-refractivity contribution is 7.32. The van der Waals surface area contributed by atoms with Crippen molar-refractivity contribution in [3.05, 3.63) is 44.9 Å². The maximum absolute atomic E-state index is 10.8. The summed E-state index contributed by atoms with van der Waals surface area (Å²) < 4.78 is 19.6. The van der Waals surface area contributed by atoms with Crippen molar-refractivity contribution in [3.8, 4) is 0 Å². The SMILES string of the molecule is O=NC(OPO)(O[PH](=O)O)c1ccc([N+](=O)[O-])cc1. The molecule has 3 atom stereocenters. The van der Waals surface area contributed by atoms with E-state index in [1.54, 1.807) is 0 Å². The third kappa shape index (κ3) is 3.84. The number of hydrogen-bond acceptors (Lipinski definition) is 8. The van der Waals surface area contributed by atoms with Gasteiger partial charge in [0.1, 0.15) is 0 Å². The Morgan fingerprint density at radius 3 is 2.37 bits per heavy atom. The van der Waals surface area contributed by atoms with E-state index in [2.05, 4.69) is 14.2 Å². The predicted octanol–water partition coefficient (Wildman–Crippen LogP) is 1.39. The Bertz CT molecular complexity index is 494. The van der Waals surface area contributed by atoms with Crippen molar-refractivity contribution >= 4 is 23.0 Å². The second kappa shape index (κ2) is 6.76. The number of nitrogens with zero attached hydrogens (tertiary/aromatic N) is 2. The molecule has 0 heterocycles. The molecule has 0 amide bonds. The van der Waals surface area contributed by atoms with E-state index in [0.29, 0.717) is 0 Å². The minimum Gasteiger partial charge on any atom is -0.352 e. The number of benzene rings is 1. The van der Waals surface area contributed by atoms with Crippen LogP contribution in [0.3, 0.4) is 0 Å². The van der Waals surface area contributed by atoms with Gasteiger partial charge in [0.15, 0.2) is 9.03 Å².